The predicted molar refractivity (Wildman–Crippen MR) is 57.9 cm³/mol. The van der Waals surface area contributed by atoms with Crippen LogP contribution in [0.5, 0.6) is 0 Å². The zero-order valence-electron chi connectivity index (χ0n) is 9.45. The maximum atomic E-state index is 11.3. The Balaban J connectivity index is 3.89. The topological polar surface area (TPSA) is 72.5 Å². The molecule has 0 fully saturated rings. The van der Waals surface area contributed by atoms with Crippen LogP contribution in [0.15, 0.2) is 0 Å². The number of hydrogen-bond donors (Lipinski definition) is 1. The van der Waals surface area contributed by atoms with E-state index < -0.39 is 16.0 Å². The molecule has 0 spiro atoms. The summed E-state index contributed by atoms with van der Waals surface area (Å²) >= 11 is 0. The highest BCUT2D eigenvalue weighted by molar-refractivity contribution is 7.89. The van der Waals surface area contributed by atoms with Crippen LogP contribution in [-0.2, 0) is 19.6 Å². The Morgan fingerprint density at radius 2 is 2.00 bits per heavy atom. The van der Waals surface area contributed by atoms with Gasteiger partial charge in [0.15, 0.2) is 0 Å². The number of ether oxygens (including phenoxy) is 1. The first-order valence-corrected chi connectivity index (χ1v) is 6.65. The minimum atomic E-state index is -3.34. The molecule has 5 nitrogen and oxygen atoms in total. The molecule has 0 heterocycles. The molecule has 0 rings (SSSR count). The Morgan fingerprint density at radius 1 is 1.40 bits per heavy atom. The summed E-state index contributed by atoms with van der Waals surface area (Å²) in [4.78, 5) is 10.9. The highest BCUT2D eigenvalue weighted by atomic mass is 32.2. The molecule has 15 heavy (non-hydrogen) atoms. The molecule has 0 aromatic rings. The van der Waals surface area contributed by atoms with Crippen molar-refractivity contribution in [1.82, 2.24) is 4.72 Å². The third-order valence-electron chi connectivity index (χ3n) is 1.71. The van der Waals surface area contributed by atoms with Crippen LogP contribution >= 0.6 is 0 Å². The minimum absolute atomic E-state index is 0.0457. The molecule has 0 bridgehead atoms. The number of carbonyl (C=O) groups excluding carboxylic acids is 1. The summed E-state index contributed by atoms with van der Waals surface area (Å²) in [7, 11) is -3.34. The van der Waals surface area contributed by atoms with Crippen LogP contribution in [0.2, 0.25) is 0 Å². The lowest BCUT2D eigenvalue weighted by Crippen LogP contribution is -2.32. The summed E-state index contributed by atoms with van der Waals surface area (Å²) in [5.74, 6) is -0.181. The van der Waals surface area contributed by atoms with E-state index in [1.54, 1.807) is 6.92 Å². The second-order valence-electron chi connectivity index (χ2n) is 3.63. The molecular weight excluding hydrogens is 218 g/mol. The van der Waals surface area contributed by atoms with Crippen LogP contribution in [0, 0.1) is 5.92 Å². The maximum absolute atomic E-state index is 11.3. The zero-order valence-corrected chi connectivity index (χ0v) is 10.3. The fraction of sp³-hybridized carbons (Fsp3) is 0.889. The summed E-state index contributed by atoms with van der Waals surface area (Å²) in [6, 6.07) is 0. The van der Waals surface area contributed by atoms with Crippen molar-refractivity contribution in [3.05, 3.63) is 0 Å². The predicted octanol–water partition coefficient (Wildman–Crippen LogP) is 0.515. The van der Waals surface area contributed by atoms with E-state index in [2.05, 4.69) is 9.46 Å². The molecule has 0 atom stereocenters. The molecule has 0 radical (unpaired) electrons. The van der Waals surface area contributed by atoms with Gasteiger partial charge in [-0.3, -0.25) is 4.79 Å². The van der Waals surface area contributed by atoms with Crippen LogP contribution in [0.25, 0.3) is 0 Å². The van der Waals surface area contributed by atoms with Crippen LogP contribution in [-0.4, -0.2) is 33.3 Å². The largest absolute Gasteiger partial charge is 0.465 e. The molecule has 0 amide bonds. The first-order valence-electron chi connectivity index (χ1n) is 5.00. The van der Waals surface area contributed by atoms with Gasteiger partial charge in [0.25, 0.3) is 0 Å². The van der Waals surface area contributed by atoms with Crippen molar-refractivity contribution in [2.75, 3.05) is 18.9 Å². The van der Waals surface area contributed by atoms with Gasteiger partial charge in [-0.25, -0.2) is 13.1 Å². The van der Waals surface area contributed by atoms with Gasteiger partial charge >= 0.3 is 5.97 Å². The number of carbonyl (C=O) groups is 1. The Hall–Kier alpha value is -0.620. The highest BCUT2D eigenvalue weighted by Gasteiger charge is 2.13. The Morgan fingerprint density at radius 3 is 2.47 bits per heavy atom. The average molecular weight is 237 g/mol. The Bertz CT molecular complexity index is 284. The van der Waals surface area contributed by atoms with Crippen molar-refractivity contribution < 1.29 is 17.9 Å². The average Bonchev–Trinajstić information content (AvgIpc) is 2.13. The quantitative estimate of drug-likeness (QED) is 0.655. The first-order chi connectivity index (χ1) is 6.87. The molecule has 0 saturated heterocycles. The van der Waals surface area contributed by atoms with E-state index in [0.717, 1.165) is 0 Å². The van der Waals surface area contributed by atoms with Crippen molar-refractivity contribution in [1.29, 1.82) is 0 Å². The molecule has 6 heteroatoms. The molecule has 1 N–H and O–H groups in total. The third-order valence-corrected chi connectivity index (χ3v) is 3.06. The molecule has 0 unspecified atom stereocenters. The van der Waals surface area contributed by atoms with Gasteiger partial charge < -0.3 is 4.74 Å². The molecule has 0 saturated carbocycles. The fourth-order valence-corrected chi connectivity index (χ4v) is 2.11. The normalized spacial score (nSPS) is 11.7. The van der Waals surface area contributed by atoms with Crippen molar-refractivity contribution >= 4 is 16.0 Å². The standard InChI is InChI=1S/C9H19NO4S/c1-4-14-9(11)7-10-15(12,13)6-5-8(2)3/h8,10H,4-7H2,1-3H3. The highest BCUT2D eigenvalue weighted by Crippen LogP contribution is 2.01. The van der Waals surface area contributed by atoms with Gasteiger partial charge in [-0.1, -0.05) is 13.8 Å². The van der Waals surface area contributed by atoms with E-state index in [1.165, 1.54) is 0 Å². The van der Waals surface area contributed by atoms with Gasteiger partial charge in [0.05, 0.1) is 12.4 Å². The van der Waals surface area contributed by atoms with Crippen LogP contribution in [0.4, 0.5) is 0 Å². The zero-order chi connectivity index (χ0) is 11.9. The van der Waals surface area contributed by atoms with E-state index in [4.69, 9.17) is 0 Å². The summed E-state index contributed by atoms with van der Waals surface area (Å²) in [5.41, 5.74) is 0. The van der Waals surface area contributed by atoms with Gasteiger partial charge in [-0.05, 0) is 19.3 Å². The molecule has 0 aliphatic rings. The van der Waals surface area contributed by atoms with Crippen molar-refractivity contribution in [3.63, 3.8) is 0 Å². The van der Waals surface area contributed by atoms with Crippen LogP contribution < -0.4 is 4.72 Å². The van der Waals surface area contributed by atoms with E-state index in [1.807, 2.05) is 13.8 Å². The first kappa shape index (κ1) is 14.4. The number of sulfonamides is 1. The van der Waals surface area contributed by atoms with Crippen molar-refractivity contribution in [2.45, 2.75) is 27.2 Å². The van der Waals surface area contributed by atoms with E-state index in [9.17, 15) is 13.2 Å². The smallest absolute Gasteiger partial charge is 0.320 e. The fourth-order valence-electron chi connectivity index (χ4n) is 0.844. The molecule has 0 aliphatic heterocycles. The third kappa shape index (κ3) is 8.38. The monoisotopic (exact) mass is 237 g/mol. The SMILES string of the molecule is CCOC(=O)CNS(=O)(=O)CCC(C)C. The summed E-state index contributed by atoms with van der Waals surface area (Å²) in [6.45, 7) is 5.54. The number of rotatable bonds is 7. The number of esters is 1. The van der Waals surface area contributed by atoms with Gasteiger partial charge in [0.1, 0.15) is 6.54 Å². The van der Waals surface area contributed by atoms with Crippen molar-refractivity contribution in [3.8, 4) is 0 Å². The number of nitrogens with one attached hydrogen (secondary N) is 1. The molecule has 0 aromatic heterocycles. The maximum Gasteiger partial charge on any atom is 0.320 e. The molecule has 90 valence electrons. The number of hydrogen-bond acceptors (Lipinski definition) is 4. The summed E-state index contributed by atoms with van der Waals surface area (Å²) < 4.78 is 29.4. The van der Waals surface area contributed by atoms with Crippen molar-refractivity contribution in [2.24, 2.45) is 5.92 Å². The molecule has 0 aromatic carbocycles. The lowest BCUT2D eigenvalue weighted by Gasteiger charge is -2.07. The lowest BCUT2D eigenvalue weighted by molar-refractivity contribution is -0.141. The summed E-state index contributed by atoms with van der Waals surface area (Å²) in [6.07, 6.45) is 0.582. The second kappa shape index (κ2) is 6.79. The van der Waals surface area contributed by atoms with Crippen LogP contribution in [0.1, 0.15) is 27.2 Å². The minimum Gasteiger partial charge on any atom is -0.465 e. The molecular formula is C9H19NO4S. The van der Waals surface area contributed by atoms with Gasteiger partial charge in [-0.2, -0.15) is 0 Å². The molecule has 0 aliphatic carbocycles. The van der Waals surface area contributed by atoms with Crippen LogP contribution in [0.3, 0.4) is 0 Å². The van der Waals surface area contributed by atoms with Gasteiger partial charge in [0, 0.05) is 0 Å². The van der Waals surface area contributed by atoms with Gasteiger partial charge in [-0.15, -0.1) is 0 Å². The lowest BCUT2D eigenvalue weighted by atomic mass is 10.2. The van der Waals surface area contributed by atoms with Gasteiger partial charge in [0.2, 0.25) is 10.0 Å². The van der Waals surface area contributed by atoms with E-state index >= 15 is 0 Å². The summed E-state index contributed by atoms with van der Waals surface area (Å²) in [5, 5.41) is 0. The van der Waals surface area contributed by atoms with E-state index in [0.29, 0.717) is 12.3 Å². The van der Waals surface area contributed by atoms with E-state index in [-0.39, 0.29) is 18.9 Å². The second-order valence-corrected chi connectivity index (χ2v) is 5.55. The Kier molecular flexibility index (Phi) is 6.51. The Labute approximate surface area is 91.2 Å².